The van der Waals surface area contributed by atoms with Crippen LogP contribution in [0, 0.1) is 6.92 Å². The van der Waals surface area contributed by atoms with Gasteiger partial charge in [-0.05, 0) is 139 Å². The molecule has 0 bridgehead atoms. The summed E-state index contributed by atoms with van der Waals surface area (Å²) in [6, 6.07) is 53.1. The summed E-state index contributed by atoms with van der Waals surface area (Å²) in [5, 5.41) is 0. The highest BCUT2D eigenvalue weighted by Gasteiger charge is 2.33. The lowest BCUT2D eigenvalue weighted by Gasteiger charge is -2.38. The molecule has 0 amide bonds. The van der Waals surface area contributed by atoms with Gasteiger partial charge in [-0.25, -0.2) is 0 Å². The van der Waals surface area contributed by atoms with E-state index in [2.05, 4.69) is 197 Å². The van der Waals surface area contributed by atoms with Gasteiger partial charge < -0.3 is 9.80 Å². The largest absolute Gasteiger partial charge is 0.336 e. The fraction of sp³-hybridized carbons (Fsp3) is 0.200. The maximum Gasteiger partial charge on any atom is 0.0491 e. The van der Waals surface area contributed by atoms with Crippen molar-refractivity contribution in [2.45, 2.75) is 58.9 Å². The standard InChI is InChI=1S/C45H44N2/c1-32-29-35(36-21-27-42-37(30-36)31-45(42,5)6)22-28-43(32)46(38-13-9-7-10-14-38)39-23-17-33(18-24-39)34-19-25-41(26-20-34)47(44(2,3)4)40-15-11-8-12-16-40/h7-30H,31H2,1-6H3. The van der Waals surface area contributed by atoms with Crippen LogP contribution >= 0.6 is 0 Å². The molecule has 2 nitrogen and oxygen atoms in total. The van der Waals surface area contributed by atoms with Crippen LogP contribution in [0.1, 0.15) is 51.3 Å². The lowest BCUT2D eigenvalue weighted by atomic mass is 9.66. The number of fused-ring (bicyclic) bond motifs is 1. The average molecular weight is 613 g/mol. The first-order valence-electron chi connectivity index (χ1n) is 16.7. The van der Waals surface area contributed by atoms with E-state index in [4.69, 9.17) is 0 Å². The third-order valence-corrected chi connectivity index (χ3v) is 9.52. The summed E-state index contributed by atoms with van der Waals surface area (Å²) in [7, 11) is 0. The number of para-hydroxylation sites is 2. The molecule has 0 unspecified atom stereocenters. The van der Waals surface area contributed by atoms with Crippen LogP contribution in [-0.4, -0.2) is 5.54 Å². The van der Waals surface area contributed by atoms with E-state index >= 15 is 0 Å². The summed E-state index contributed by atoms with van der Waals surface area (Å²) in [5.74, 6) is 0. The van der Waals surface area contributed by atoms with Gasteiger partial charge in [-0.2, -0.15) is 0 Å². The first kappa shape index (κ1) is 30.6. The van der Waals surface area contributed by atoms with Crippen molar-refractivity contribution in [1.82, 2.24) is 0 Å². The molecule has 0 aromatic heterocycles. The number of rotatable bonds is 7. The summed E-state index contributed by atoms with van der Waals surface area (Å²) in [6.45, 7) is 13.7. The third kappa shape index (κ3) is 5.97. The van der Waals surface area contributed by atoms with Gasteiger partial charge in [0.15, 0.2) is 0 Å². The maximum atomic E-state index is 2.40. The van der Waals surface area contributed by atoms with E-state index in [1.165, 1.54) is 56.0 Å². The third-order valence-electron chi connectivity index (χ3n) is 9.52. The molecule has 0 atom stereocenters. The van der Waals surface area contributed by atoms with Gasteiger partial charge in [0.2, 0.25) is 0 Å². The number of anilines is 5. The minimum absolute atomic E-state index is 0.0549. The second-order valence-electron chi connectivity index (χ2n) is 14.5. The van der Waals surface area contributed by atoms with E-state index in [0.717, 1.165) is 17.8 Å². The highest BCUT2D eigenvalue weighted by atomic mass is 15.2. The zero-order valence-corrected chi connectivity index (χ0v) is 28.5. The Morgan fingerprint density at radius 1 is 0.511 bits per heavy atom. The predicted octanol–water partition coefficient (Wildman–Crippen LogP) is 12.6. The molecule has 6 aromatic carbocycles. The molecule has 2 heteroatoms. The Balaban J connectivity index is 1.18. The van der Waals surface area contributed by atoms with Gasteiger partial charge in [-0.1, -0.05) is 98.8 Å². The van der Waals surface area contributed by atoms with Crippen molar-refractivity contribution in [1.29, 1.82) is 0 Å². The second kappa shape index (κ2) is 11.9. The lowest BCUT2D eigenvalue weighted by molar-refractivity contribution is 0.455. The van der Waals surface area contributed by atoms with Crippen LogP contribution in [0.3, 0.4) is 0 Å². The molecular formula is C45H44N2. The van der Waals surface area contributed by atoms with E-state index in [1.54, 1.807) is 0 Å². The molecule has 1 aliphatic carbocycles. The van der Waals surface area contributed by atoms with Crippen molar-refractivity contribution in [3.8, 4) is 22.3 Å². The molecular weight excluding hydrogens is 569 g/mol. The molecule has 47 heavy (non-hydrogen) atoms. The van der Waals surface area contributed by atoms with E-state index in [1.807, 2.05) is 0 Å². The normalized spacial score (nSPS) is 13.4. The van der Waals surface area contributed by atoms with Gasteiger partial charge in [0.25, 0.3) is 0 Å². The Bertz CT molecular complexity index is 2000. The molecule has 0 fully saturated rings. The van der Waals surface area contributed by atoms with E-state index in [-0.39, 0.29) is 5.54 Å². The van der Waals surface area contributed by atoms with Crippen molar-refractivity contribution in [3.05, 3.63) is 162 Å². The molecule has 0 radical (unpaired) electrons. The fourth-order valence-electron chi connectivity index (χ4n) is 7.24. The molecule has 6 aromatic rings. The summed E-state index contributed by atoms with van der Waals surface area (Å²) >= 11 is 0. The Labute approximate surface area is 281 Å². The van der Waals surface area contributed by atoms with Crippen LogP contribution in [0.4, 0.5) is 28.4 Å². The molecule has 0 spiro atoms. The molecule has 0 aliphatic heterocycles. The Hall–Kier alpha value is -5.08. The minimum Gasteiger partial charge on any atom is -0.336 e. The summed E-state index contributed by atoms with van der Waals surface area (Å²) in [6.07, 6.45) is 1.15. The number of benzene rings is 6. The van der Waals surface area contributed by atoms with Crippen LogP contribution in [0.15, 0.2) is 146 Å². The Morgan fingerprint density at radius 3 is 1.51 bits per heavy atom. The Morgan fingerprint density at radius 2 is 0.979 bits per heavy atom. The number of aryl methyl sites for hydroxylation is 1. The van der Waals surface area contributed by atoms with Crippen molar-refractivity contribution in [2.75, 3.05) is 9.80 Å². The molecule has 234 valence electrons. The first-order valence-corrected chi connectivity index (χ1v) is 16.7. The smallest absolute Gasteiger partial charge is 0.0491 e. The van der Waals surface area contributed by atoms with Crippen LogP contribution in [0.5, 0.6) is 0 Å². The zero-order chi connectivity index (χ0) is 32.8. The van der Waals surface area contributed by atoms with Gasteiger partial charge in [-0.15, -0.1) is 0 Å². The highest BCUT2D eigenvalue weighted by Crippen LogP contribution is 2.43. The predicted molar refractivity (Wildman–Crippen MR) is 202 cm³/mol. The van der Waals surface area contributed by atoms with Crippen molar-refractivity contribution in [2.24, 2.45) is 0 Å². The first-order chi connectivity index (χ1) is 22.6. The molecule has 0 saturated heterocycles. The molecule has 0 heterocycles. The van der Waals surface area contributed by atoms with Crippen LogP contribution in [-0.2, 0) is 11.8 Å². The molecule has 7 rings (SSSR count). The highest BCUT2D eigenvalue weighted by molar-refractivity contribution is 5.82. The van der Waals surface area contributed by atoms with E-state index in [0.29, 0.717) is 5.41 Å². The second-order valence-corrected chi connectivity index (χ2v) is 14.5. The van der Waals surface area contributed by atoms with E-state index < -0.39 is 0 Å². The topological polar surface area (TPSA) is 6.48 Å². The fourth-order valence-corrected chi connectivity index (χ4v) is 7.24. The SMILES string of the molecule is Cc1cc(-c2ccc3c(c2)CC3(C)C)ccc1N(c1ccccc1)c1ccc(-c2ccc(N(c3ccccc3)C(C)(C)C)cc2)cc1. The zero-order valence-electron chi connectivity index (χ0n) is 28.5. The van der Waals surface area contributed by atoms with Crippen molar-refractivity contribution in [3.63, 3.8) is 0 Å². The van der Waals surface area contributed by atoms with Gasteiger partial charge in [0, 0.05) is 34.0 Å². The maximum absolute atomic E-state index is 2.40. The quantitative estimate of drug-likeness (QED) is 0.177. The molecule has 1 aliphatic rings. The minimum atomic E-state index is -0.0549. The van der Waals surface area contributed by atoms with Crippen molar-refractivity contribution >= 4 is 28.4 Å². The monoisotopic (exact) mass is 612 g/mol. The molecule has 0 saturated carbocycles. The summed E-state index contributed by atoms with van der Waals surface area (Å²) in [4.78, 5) is 4.77. The van der Waals surface area contributed by atoms with Gasteiger partial charge in [0.05, 0.1) is 0 Å². The average Bonchev–Trinajstić information content (AvgIpc) is 3.06. The van der Waals surface area contributed by atoms with Crippen LogP contribution in [0.25, 0.3) is 22.3 Å². The summed E-state index contributed by atoms with van der Waals surface area (Å²) in [5.41, 5.74) is 15.3. The number of hydrogen-bond donors (Lipinski definition) is 0. The number of hydrogen-bond acceptors (Lipinski definition) is 2. The van der Waals surface area contributed by atoms with Gasteiger partial charge >= 0.3 is 0 Å². The number of nitrogens with zero attached hydrogens (tertiary/aromatic N) is 2. The van der Waals surface area contributed by atoms with Crippen LogP contribution < -0.4 is 9.80 Å². The van der Waals surface area contributed by atoms with Crippen molar-refractivity contribution < 1.29 is 0 Å². The lowest BCUT2D eigenvalue weighted by Crippen LogP contribution is -2.37. The molecule has 0 N–H and O–H groups in total. The van der Waals surface area contributed by atoms with Gasteiger partial charge in [-0.3, -0.25) is 0 Å². The van der Waals surface area contributed by atoms with Crippen LogP contribution in [0.2, 0.25) is 0 Å². The van der Waals surface area contributed by atoms with E-state index in [9.17, 15) is 0 Å². The Kier molecular flexibility index (Phi) is 7.76. The summed E-state index contributed by atoms with van der Waals surface area (Å²) < 4.78 is 0. The van der Waals surface area contributed by atoms with Gasteiger partial charge in [0.1, 0.15) is 0 Å².